The topological polar surface area (TPSA) is 126 Å². The van der Waals surface area contributed by atoms with Crippen LogP contribution in [0.25, 0.3) is 0 Å². The third kappa shape index (κ3) is 10.3. The number of carbonyl (C=O) groups is 2. The van der Waals surface area contributed by atoms with Gasteiger partial charge in [0.15, 0.2) is 0 Å². The molecule has 3 N–H and O–H groups in total. The highest BCUT2D eigenvalue weighted by Gasteiger charge is 2.44. The molecule has 0 spiro atoms. The molecule has 0 saturated carbocycles. The average molecular weight is 523 g/mol. The van der Waals surface area contributed by atoms with Crippen LogP contribution in [0.3, 0.4) is 0 Å². The number of carbonyl (C=O) groups excluding carboxylic acids is 2. The van der Waals surface area contributed by atoms with Crippen molar-refractivity contribution in [2.24, 2.45) is 17.8 Å². The van der Waals surface area contributed by atoms with Crippen molar-refractivity contribution in [3.8, 4) is 0 Å². The molecule has 0 amide bonds. The Morgan fingerprint density at radius 3 is 2.65 bits per heavy atom. The number of aliphatic hydroxyl groups excluding tert-OH is 2. The number of rotatable bonds is 9. The molecule has 0 aromatic rings. The predicted octanol–water partition coefficient (Wildman–Crippen LogP) is 3.63. The van der Waals surface area contributed by atoms with Crippen molar-refractivity contribution in [2.75, 3.05) is 0 Å². The van der Waals surface area contributed by atoms with Crippen LogP contribution >= 0.6 is 0 Å². The molecule has 0 aromatic carbocycles. The van der Waals surface area contributed by atoms with E-state index in [2.05, 4.69) is 13.0 Å². The van der Waals surface area contributed by atoms with Gasteiger partial charge in [-0.2, -0.15) is 0 Å². The van der Waals surface area contributed by atoms with E-state index in [1.807, 2.05) is 32.9 Å². The van der Waals surface area contributed by atoms with Crippen molar-refractivity contribution in [1.82, 2.24) is 0 Å². The molecule has 2 rings (SSSR count). The molecule has 0 aliphatic carbocycles. The summed E-state index contributed by atoms with van der Waals surface area (Å²) in [6.45, 7) is 10.8. The fraction of sp³-hybridized carbons (Fsp3) is 0.724. The van der Waals surface area contributed by atoms with Gasteiger partial charge in [0.1, 0.15) is 17.8 Å². The van der Waals surface area contributed by atoms with E-state index in [9.17, 15) is 24.9 Å². The van der Waals surface area contributed by atoms with Gasteiger partial charge in [-0.05, 0) is 50.7 Å². The van der Waals surface area contributed by atoms with Crippen LogP contribution in [0.4, 0.5) is 0 Å². The lowest BCUT2D eigenvalue weighted by Crippen LogP contribution is -2.42. The second kappa shape index (κ2) is 14.2. The SMILES string of the molecule is CCC(O)C(C)C1OC1CC(C)/C=C/C=C/C1OC(=O)CC(O)CCC(C)(O)C(OC(C)=O)/C=C/C1C. The highest BCUT2D eigenvalue weighted by Crippen LogP contribution is 2.36. The van der Waals surface area contributed by atoms with Gasteiger partial charge in [-0.3, -0.25) is 9.59 Å². The molecule has 8 nitrogen and oxygen atoms in total. The summed E-state index contributed by atoms with van der Waals surface area (Å²) in [5.41, 5.74) is -1.40. The molecule has 10 atom stereocenters. The Labute approximate surface area is 221 Å². The maximum absolute atomic E-state index is 12.4. The van der Waals surface area contributed by atoms with E-state index >= 15 is 0 Å². The molecule has 0 radical (unpaired) electrons. The minimum atomic E-state index is -1.40. The summed E-state index contributed by atoms with van der Waals surface area (Å²) >= 11 is 0. The summed E-state index contributed by atoms with van der Waals surface area (Å²) in [5.74, 6) is -0.917. The predicted molar refractivity (Wildman–Crippen MR) is 140 cm³/mol. The summed E-state index contributed by atoms with van der Waals surface area (Å²) in [4.78, 5) is 24.0. The third-order valence-electron chi connectivity index (χ3n) is 7.29. The number of ether oxygens (including phenoxy) is 3. The summed E-state index contributed by atoms with van der Waals surface area (Å²) in [6, 6.07) is 0. The summed E-state index contributed by atoms with van der Waals surface area (Å²) in [6.07, 6.45) is 10.1. The van der Waals surface area contributed by atoms with Gasteiger partial charge >= 0.3 is 11.9 Å². The molecule has 2 heterocycles. The molecule has 2 aliphatic heterocycles. The lowest BCUT2D eigenvalue weighted by molar-refractivity contribution is -0.157. The summed E-state index contributed by atoms with van der Waals surface area (Å²) in [5, 5.41) is 31.2. The molecule has 10 unspecified atom stereocenters. The number of cyclic esters (lactones) is 1. The molecule has 1 saturated heterocycles. The number of allylic oxidation sites excluding steroid dienone is 3. The Hall–Kier alpha value is -2.00. The van der Waals surface area contributed by atoms with E-state index < -0.39 is 35.9 Å². The first kappa shape index (κ1) is 31.2. The van der Waals surface area contributed by atoms with Crippen LogP contribution in [0.5, 0.6) is 0 Å². The molecular formula is C29H46O8. The molecule has 0 bridgehead atoms. The van der Waals surface area contributed by atoms with Gasteiger partial charge < -0.3 is 29.5 Å². The zero-order chi connectivity index (χ0) is 27.8. The van der Waals surface area contributed by atoms with Gasteiger partial charge in [0.2, 0.25) is 0 Å². The minimum Gasteiger partial charge on any atom is -0.457 e. The zero-order valence-corrected chi connectivity index (χ0v) is 23.1. The second-order valence-electron chi connectivity index (χ2n) is 10.9. The standard InChI is InChI=1S/C29H46O8/c1-7-23(32)20(4)28-25(37-28)16-18(2)10-8-9-11-24-19(3)12-13-26(35-21(5)30)29(6,34)15-14-22(31)17-27(33)36-24/h8-13,18-20,22-26,28,31-32,34H,7,14-17H2,1-6H3/b10-8+,11-9+,13-12+. The van der Waals surface area contributed by atoms with Crippen molar-refractivity contribution in [3.63, 3.8) is 0 Å². The number of aliphatic hydroxyl groups is 3. The maximum atomic E-state index is 12.4. The van der Waals surface area contributed by atoms with Crippen molar-refractivity contribution in [2.45, 2.75) is 116 Å². The zero-order valence-electron chi connectivity index (χ0n) is 23.1. The molecule has 0 aromatic heterocycles. The van der Waals surface area contributed by atoms with Crippen molar-refractivity contribution >= 4 is 11.9 Å². The molecule has 37 heavy (non-hydrogen) atoms. The molecule has 8 heteroatoms. The van der Waals surface area contributed by atoms with E-state index in [-0.39, 0.29) is 55.3 Å². The van der Waals surface area contributed by atoms with Crippen molar-refractivity contribution in [3.05, 3.63) is 36.5 Å². The van der Waals surface area contributed by atoms with Crippen LogP contribution in [0.1, 0.15) is 73.6 Å². The molecule has 210 valence electrons. The Morgan fingerprint density at radius 2 is 2.00 bits per heavy atom. The first-order chi connectivity index (χ1) is 17.3. The Morgan fingerprint density at radius 1 is 1.30 bits per heavy atom. The maximum Gasteiger partial charge on any atom is 0.309 e. The van der Waals surface area contributed by atoms with Crippen LogP contribution in [0.15, 0.2) is 36.5 Å². The van der Waals surface area contributed by atoms with Crippen LogP contribution in [-0.4, -0.2) is 69.5 Å². The fourth-order valence-corrected chi connectivity index (χ4v) is 4.63. The first-order valence-corrected chi connectivity index (χ1v) is 13.5. The Balaban J connectivity index is 2.05. The lowest BCUT2D eigenvalue weighted by atomic mass is 9.89. The van der Waals surface area contributed by atoms with Crippen LogP contribution < -0.4 is 0 Å². The van der Waals surface area contributed by atoms with Gasteiger partial charge in [0, 0.05) is 18.8 Å². The number of hydrogen-bond acceptors (Lipinski definition) is 8. The first-order valence-electron chi connectivity index (χ1n) is 13.5. The fourth-order valence-electron chi connectivity index (χ4n) is 4.63. The third-order valence-corrected chi connectivity index (χ3v) is 7.29. The van der Waals surface area contributed by atoms with Crippen molar-refractivity contribution < 1.29 is 39.1 Å². The minimum absolute atomic E-state index is 0.108. The Kier molecular flexibility index (Phi) is 12.0. The largest absolute Gasteiger partial charge is 0.457 e. The average Bonchev–Trinajstić information content (AvgIpc) is 3.59. The van der Waals surface area contributed by atoms with Gasteiger partial charge in [-0.1, -0.05) is 52.0 Å². The van der Waals surface area contributed by atoms with Crippen molar-refractivity contribution in [1.29, 1.82) is 0 Å². The smallest absolute Gasteiger partial charge is 0.309 e. The van der Waals surface area contributed by atoms with E-state index in [0.717, 1.165) is 12.8 Å². The highest BCUT2D eigenvalue weighted by molar-refractivity contribution is 5.70. The molecular weight excluding hydrogens is 476 g/mol. The van der Waals surface area contributed by atoms with E-state index in [0.29, 0.717) is 0 Å². The number of esters is 2. The van der Waals surface area contributed by atoms with Gasteiger partial charge in [0.05, 0.1) is 30.8 Å². The molecule has 2 aliphatic rings. The van der Waals surface area contributed by atoms with Crippen LogP contribution in [-0.2, 0) is 23.8 Å². The van der Waals surface area contributed by atoms with Crippen LogP contribution in [0.2, 0.25) is 0 Å². The summed E-state index contributed by atoms with van der Waals surface area (Å²) < 4.78 is 16.8. The lowest BCUT2D eigenvalue weighted by Gasteiger charge is -2.32. The summed E-state index contributed by atoms with van der Waals surface area (Å²) in [7, 11) is 0. The van der Waals surface area contributed by atoms with Gasteiger partial charge in [0.25, 0.3) is 0 Å². The highest BCUT2D eigenvalue weighted by atomic mass is 16.6. The monoisotopic (exact) mass is 522 g/mol. The van der Waals surface area contributed by atoms with E-state index in [4.69, 9.17) is 14.2 Å². The number of hydrogen-bond donors (Lipinski definition) is 3. The van der Waals surface area contributed by atoms with Gasteiger partial charge in [-0.15, -0.1) is 0 Å². The van der Waals surface area contributed by atoms with E-state index in [1.165, 1.54) is 6.92 Å². The van der Waals surface area contributed by atoms with E-state index in [1.54, 1.807) is 25.2 Å². The number of epoxide rings is 1. The second-order valence-corrected chi connectivity index (χ2v) is 10.9. The molecule has 1 fully saturated rings. The van der Waals surface area contributed by atoms with Gasteiger partial charge in [-0.25, -0.2) is 0 Å². The quantitative estimate of drug-likeness (QED) is 0.181. The Bertz CT molecular complexity index is 832. The normalized spacial score (nSPS) is 36.7. The van der Waals surface area contributed by atoms with Crippen LogP contribution in [0, 0.1) is 17.8 Å².